The molecule has 4 rings (SSSR count). The molecule has 0 unspecified atom stereocenters. The third-order valence-electron chi connectivity index (χ3n) is 4.64. The van der Waals surface area contributed by atoms with E-state index in [9.17, 15) is 18.0 Å². The number of benzene rings is 2. The first-order valence-electron chi connectivity index (χ1n) is 8.98. The number of amides is 1. The van der Waals surface area contributed by atoms with Crippen molar-refractivity contribution in [2.24, 2.45) is 0 Å². The largest absolute Gasteiger partial charge is 0.484 e. The predicted molar refractivity (Wildman–Crippen MR) is 99.7 cm³/mol. The molecule has 1 saturated heterocycles. The van der Waals surface area contributed by atoms with Crippen molar-refractivity contribution in [2.45, 2.75) is 12.3 Å². The number of rotatable bonds is 5. The molecule has 1 aromatic heterocycles. The number of nitrogens with zero attached hydrogens (tertiary/aromatic N) is 2. The van der Waals surface area contributed by atoms with Gasteiger partial charge in [0.25, 0.3) is 5.91 Å². The molecule has 1 fully saturated rings. The minimum atomic E-state index is -4.43. The van der Waals surface area contributed by atoms with Crippen LogP contribution in [-0.2, 0) is 11.0 Å². The highest BCUT2D eigenvalue weighted by Gasteiger charge is 2.34. The van der Waals surface area contributed by atoms with Gasteiger partial charge in [-0.15, -0.1) is 0 Å². The zero-order valence-electron chi connectivity index (χ0n) is 15.2. The van der Waals surface area contributed by atoms with Crippen LogP contribution in [0.25, 0.3) is 10.8 Å². The molecule has 2 heterocycles. The second-order valence-electron chi connectivity index (χ2n) is 6.72. The lowest BCUT2D eigenvalue weighted by atomic mass is 10.1. The summed E-state index contributed by atoms with van der Waals surface area (Å²) >= 11 is 0. The molecule has 0 N–H and O–H groups in total. The van der Waals surface area contributed by atoms with Gasteiger partial charge in [-0.1, -0.05) is 30.3 Å². The summed E-state index contributed by atoms with van der Waals surface area (Å²) in [5, 5.41) is 2.12. The van der Waals surface area contributed by atoms with Crippen molar-refractivity contribution in [1.82, 2.24) is 9.88 Å². The summed E-state index contributed by atoms with van der Waals surface area (Å²) in [4.78, 5) is 17.5. The number of pyridine rings is 1. The van der Waals surface area contributed by atoms with Crippen LogP contribution in [0.3, 0.4) is 0 Å². The Balaban J connectivity index is 1.24. The minimum absolute atomic E-state index is 0.0937. The lowest BCUT2D eigenvalue weighted by molar-refractivity contribution is -0.142. The topological polar surface area (TPSA) is 51.7 Å². The van der Waals surface area contributed by atoms with E-state index in [1.165, 1.54) is 6.07 Å². The third kappa shape index (κ3) is 4.42. The first-order chi connectivity index (χ1) is 13.9. The first kappa shape index (κ1) is 19.0. The van der Waals surface area contributed by atoms with Crippen LogP contribution in [0.4, 0.5) is 13.2 Å². The van der Waals surface area contributed by atoms with Crippen molar-refractivity contribution in [1.29, 1.82) is 0 Å². The van der Waals surface area contributed by atoms with Crippen LogP contribution >= 0.6 is 0 Å². The summed E-state index contributed by atoms with van der Waals surface area (Å²) in [6, 6.07) is 15.6. The molecule has 5 nitrogen and oxygen atoms in total. The summed E-state index contributed by atoms with van der Waals surface area (Å²) in [7, 11) is 0. The van der Waals surface area contributed by atoms with E-state index in [4.69, 9.17) is 9.47 Å². The maximum atomic E-state index is 12.5. The zero-order chi connectivity index (χ0) is 20.4. The fourth-order valence-electron chi connectivity index (χ4n) is 3.00. The number of ether oxygens (including phenoxy) is 2. The van der Waals surface area contributed by atoms with Crippen LogP contribution in [0.15, 0.2) is 60.8 Å². The second-order valence-corrected chi connectivity index (χ2v) is 6.72. The number of alkyl halides is 3. The van der Waals surface area contributed by atoms with Gasteiger partial charge in [0.1, 0.15) is 11.9 Å². The normalized spacial score (nSPS) is 14.5. The number of hydrogen-bond acceptors (Lipinski definition) is 4. The average molecular weight is 402 g/mol. The van der Waals surface area contributed by atoms with E-state index in [1.54, 1.807) is 4.90 Å². The van der Waals surface area contributed by atoms with Crippen molar-refractivity contribution in [3.63, 3.8) is 0 Å². The molecular formula is C21H17F3N2O3. The maximum absolute atomic E-state index is 12.5. The highest BCUT2D eigenvalue weighted by molar-refractivity contribution is 5.84. The second kappa shape index (κ2) is 7.62. The average Bonchev–Trinajstić information content (AvgIpc) is 2.68. The highest BCUT2D eigenvalue weighted by Crippen LogP contribution is 2.29. The molecule has 29 heavy (non-hydrogen) atoms. The van der Waals surface area contributed by atoms with Gasteiger partial charge in [0, 0.05) is 12.3 Å². The summed E-state index contributed by atoms with van der Waals surface area (Å²) in [6.07, 6.45) is -4.01. The van der Waals surface area contributed by atoms with Crippen molar-refractivity contribution >= 4 is 16.7 Å². The number of hydrogen-bond donors (Lipinski definition) is 0. The SMILES string of the molecule is O=C(COc1ccc2ccccc2c1)N1CC(Oc2ccc(C(F)(F)F)cn2)C1. The Labute approximate surface area is 164 Å². The van der Waals surface area contributed by atoms with Crippen LogP contribution in [0, 0.1) is 0 Å². The molecule has 1 amide bonds. The summed E-state index contributed by atoms with van der Waals surface area (Å²) in [6.45, 7) is 0.578. The number of halogens is 3. The monoisotopic (exact) mass is 402 g/mol. The van der Waals surface area contributed by atoms with Crippen LogP contribution < -0.4 is 9.47 Å². The first-order valence-corrected chi connectivity index (χ1v) is 8.98. The Morgan fingerprint density at radius 3 is 2.52 bits per heavy atom. The van der Waals surface area contributed by atoms with E-state index < -0.39 is 11.7 Å². The quantitative estimate of drug-likeness (QED) is 0.649. The Hall–Kier alpha value is -3.29. The summed E-state index contributed by atoms with van der Waals surface area (Å²) in [5.41, 5.74) is -0.832. The Morgan fingerprint density at radius 2 is 1.83 bits per heavy atom. The summed E-state index contributed by atoms with van der Waals surface area (Å²) < 4.78 is 48.7. The Morgan fingerprint density at radius 1 is 1.07 bits per heavy atom. The molecular weight excluding hydrogens is 385 g/mol. The van der Waals surface area contributed by atoms with Gasteiger partial charge in [-0.2, -0.15) is 13.2 Å². The minimum Gasteiger partial charge on any atom is -0.484 e. The fourth-order valence-corrected chi connectivity index (χ4v) is 3.00. The van der Waals surface area contributed by atoms with Crippen molar-refractivity contribution in [3.8, 4) is 11.6 Å². The molecule has 0 aliphatic carbocycles. The zero-order valence-corrected chi connectivity index (χ0v) is 15.2. The van der Waals surface area contributed by atoms with E-state index in [0.717, 1.165) is 23.0 Å². The van der Waals surface area contributed by atoms with E-state index >= 15 is 0 Å². The molecule has 0 atom stereocenters. The van der Waals surface area contributed by atoms with Crippen molar-refractivity contribution < 1.29 is 27.4 Å². The Bertz CT molecular complexity index is 1020. The van der Waals surface area contributed by atoms with Gasteiger partial charge in [0.2, 0.25) is 5.88 Å². The third-order valence-corrected chi connectivity index (χ3v) is 4.64. The number of likely N-dealkylation sites (tertiary alicyclic amines) is 1. The molecule has 0 bridgehead atoms. The van der Waals surface area contributed by atoms with Crippen LogP contribution in [-0.4, -0.2) is 41.6 Å². The number of carbonyl (C=O) groups excluding carboxylic acids is 1. The molecule has 8 heteroatoms. The van der Waals surface area contributed by atoms with Crippen LogP contribution in [0.5, 0.6) is 11.6 Å². The summed E-state index contributed by atoms with van der Waals surface area (Å²) in [5.74, 6) is 0.528. The van der Waals surface area contributed by atoms with Crippen LogP contribution in [0.1, 0.15) is 5.56 Å². The standard InChI is InChI=1S/C21H17F3N2O3/c22-21(23,24)16-6-8-19(25-10-16)29-18-11-26(12-18)20(27)13-28-17-7-5-14-3-1-2-4-15(14)9-17/h1-10,18H,11-13H2. The van der Waals surface area contributed by atoms with Gasteiger partial charge in [0.15, 0.2) is 6.61 Å². The highest BCUT2D eigenvalue weighted by atomic mass is 19.4. The molecule has 0 saturated carbocycles. The van der Waals surface area contributed by atoms with Gasteiger partial charge in [-0.3, -0.25) is 4.79 Å². The molecule has 2 aromatic carbocycles. The van der Waals surface area contributed by atoms with E-state index in [1.807, 2.05) is 42.5 Å². The predicted octanol–water partition coefficient (Wildman–Crippen LogP) is 3.92. The molecule has 0 radical (unpaired) electrons. The van der Waals surface area contributed by atoms with Gasteiger partial charge in [-0.05, 0) is 29.0 Å². The number of aromatic nitrogens is 1. The van der Waals surface area contributed by atoms with Gasteiger partial charge < -0.3 is 14.4 Å². The van der Waals surface area contributed by atoms with E-state index in [0.29, 0.717) is 18.8 Å². The molecule has 150 valence electrons. The van der Waals surface area contributed by atoms with Crippen LogP contribution in [0.2, 0.25) is 0 Å². The number of fused-ring (bicyclic) bond motifs is 1. The lowest BCUT2D eigenvalue weighted by Crippen LogP contribution is -2.57. The van der Waals surface area contributed by atoms with Gasteiger partial charge >= 0.3 is 6.18 Å². The maximum Gasteiger partial charge on any atom is 0.417 e. The fraction of sp³-hybridized carbons (Fsp3) is 0.238. The van der Waals surface area contributed by atoms with Gasteiger partial charge in [-0.25, -0.2) is 4.98 Å². The van der Waals surface area contributed by atoms with E-state index in [-0.39, 0.29) is 24.5 Å². The molecule has 1 aliphatic rings. The van der Waals surface area contributed by atoms with Crippen molar-refractivity contribution in [2.75, 3.05) is 19.7 Å². The molecule has 1 aliphatic heterocycles. The van der Waals surface area contributed by atoms with Gasteiger partial charge in [0.05, 0.1) is 18.7 Å². The van der Waals surface area contributed by atoms with Crippen molar-refractivity contribution in [3.05, 3.63) is 66.4 Å². The molecule has 3 aromatic rings. The molecule has 0 spiro atoms. The smallest absolute Gasteiger partial charge is 0.417 e. The Kier molecular flexibility index (Phi) is 5.00. The van der Waals surface area contributed by atoms with E-state index in [2.05, 4.69) is 4.98 Å². The lowest BCUT2D eigenvalue weighted by Gasteiger charge is -2.38. The number of carbonyl (C=O) groups is 1.